The summed E-state index contributed by atoms with van der Waals surface area (Å²) in [4.78, 5) is 16.5. The number of carbonyl (C=O) groups excluding carboxylic acids is 1. The molecule has 6 nitrogen and oxygen atoms in total. The molecule has 2 saturated heterocycles. The van der Waals surface area contributed by atoms with Gasteiger partial charge in [0, 0.05) is 25.7 Å². The maximum absolute atomic E-state index is 12.3. The number of aliphatic hydroxyl groups is 1. The van der Waals surface area contributed by atoms with Gasteiger partial charge in [0.05, 0.1) is 13.2 Å². The minimum atomic E-state index is -0.559. The van der Waals surface area contributed by atoms with Gasteiger partial charge in [0.2, 0.25) is 5.91 Å². The number of benzene rings is 3. The van der Waals surface area contributed by atoms with E-state index in [0.29, 0.717) is 44.5 Å². The number of carbonyl (C=O) groups is 1. The molecular weight excluding hydrogens is 464 g/mol. The normalized spacial score (nSPS) is 18.4. The topological polar surface area (TPSA) is 62.2 Å². The van der Waals surface area contributed by atoms with E-state index in [0.717, 1.165) is 31.5 Å². The molecule has 2 aliphatic rings. The molecule has 0 radical (unpaired) electrons. The van der Waals surface area contributed by atoms with Crippen molar-refractivity contribution in [2.45, 2.75) is 24.9 Å². The van der Waals surface area contributed by atoms with Gasteiger partial charge in [0.1, 0.15) is 18.5 Å². The van der Waals surface area contributed by atoms with Crippen LogP contribution in [-0.2, 0) is 9.53 Å². The number of rotatable bonds is 8. The number of aliphatic hydroxyl groups excluding tert-OH is 1. The van der Waals surface area contributed by atoms with Crippen molar-refractivity contribution in [2.75, 3.05) is 52.5 Å². The Hall–Kier alpha value is -3.19. The summed E-state index contributed by atoms with van der Waals surface area (Å²) < 4.78 is 11.2. The number of nitrogens with zero attached hydrogens (tertiary/aromatic N) is 2. The van der Waals surface area contributed by atoms with Crippen LogP contribution in [0, 0.1) is 0 Å². The van der Waals surface area contributed by atoms with Crippen LogP contribution in [-0.4, -0.2) is 79.5 Å². The van der Waals surface area contributed by atoms with Crippen molar-refractivity contribution >= 4 is 22.8 Å². The lowest BCUT2D eigenvalue weighted by Gasteiger charge is -2.33. The summed E-state index contributed by atoms with van der Waals surface area (Å²) in [7, 11) is 0. The summed E-state index contributed by atoms with van der Waals surface area (Å²) in [6, 6.07) is 22.9. The van der Waals surface area contributed by atoms with Gasteiger partial charge in [-0.05, 0) is 72.0 Å². The molecular formula is C31H36N2O4. The second-order valence-corrected chi connectivity index (χ2v) is 9.95. The Morgan fingerprint density at radius 2 is 1.76 bits per heavy atom. The lowest BCUT2D eigenvalue weighted by Crippen LogP contribution is -2.40. The third kappa shape index (κ3) is 6.77. The van der Waals surface area contributed by atoms with Crippen molar-refractivity contribution < 1.29 is 19.4 Å². The molecule has 0 bridgehead atoms. The van der Waals surface area contributed by atoms with Crippen LogP contribution < -0.4 is 4.74 Å². The molecule has 2 heterocycles. The monoisotopic (exact) mass is 500 g/mol. The maximum Gasteiger partial charge on any atom is 0.246 e. The number of β-amino-alcohol motifs (C(OH)–C–C–N with tert-alkyl or cyclic N) is 1. The van der Waals surface area contributed by atoms with Crippen molar-refractivity contribution in [3.63, 3.8) is 0 Å². The highest BCUT2D eigenvalue weighted by molar-refractivity contribution is 5.92. The third-order valence-corrected chi connectivity index (χ3v) is 7.36. The number of fused-ring (bicyclic) bond motifs is 1. The fourth-order valence-electron chi connectivity index (χ4n) is 5.34. The first-order chi connectivity index (χ1) is 18.2. The molecule has 5 rings (SSSR count). The van der Waals surface area contributed by atoms with Gasteiger partial charge in [-0.1, -0.05) is 54.6 Å². The summed E-state index contributed by atoms with van der Waals surface area (Å²) in [5, 5.41) is 13.3. The number of amides is 1. The van der Waals surface area contributed by atoms with Crippen LogP contribution >= 0.6 is 0 Å². The highest BCUT2D eigenvalue weighted by Gasteiger charge is 2.23. The maximum atomic E-state index is 12.3. The predicted octanol–water partition coefficient (Wildman–Crippen LogP) is 4.33. The van der Waals surface area contributed by atoms with Crippen molar-refractivity contribution in [3.05, 3.63) is 83.9 Å². The smallest absolute Gasteiger partial charge is 0.246 e. The van der Waals surface area contributed by atoms with Crippen LogP contribution in [0.15, 0.2) is 72.8 Å². The molecule has 194 valence electrons. The Bertz CT molecular complexity index is 1210. The molecule has 0 aliphatic carbocycles. The van der Waals surface area contributed by atoms with Gasteiger partial charge in [-0.3, -0.25) is 4.79 Å². The molecule has 0 aromatic heterocycles. The zero-order chi connectivity index (χ0) is 25.5. The van der Waals surface area contributed by atoms with Crippen LogP contribution in [0.4, 0.5) is 0 Å². The molecule has 1 N–H and O–H groups in total. The molecule has 3 aromatic carbocycles. The number of hydrogen-bond donors (Lipinski definition) is 1. The van der Waals surface area contributed by atoms with Gasteiger partial charge in [0.15, 0.2) is 0 Å². The van der Waals surface area contributed by atoms with E-state index in [1.807, 2.05) is 24.3 Å². The van der Waals surface area contributed by atoms with E-state index in [2.05, 4.69) is 47.4 Å². The minimum Gasteiger partial charge on any atom is -0.491 e. The van der Waals surface area contributed by atoms with Crippen molar-refractivity contribution in [1.82, 2.24) is 9.80 Å². The van der Waals surface area contributed by atoms with E-state index >= 15 is 0 Å². The molecule has 3 aromatic rings. The molecule has 1 unspecified atom stereocenters. The lowest BCUT2D eigenvalue weighted by atomic mass is 9.86. The Kier molecular flexibility index (Phi) is 8.51. The Morgan fingerprint density at radius 1 is 1.00 bits per heavy atom. The van der Waals surface area contributed by atoms with Gasteiger partial charge in [-0.15, -0.1) is 0 Å². The third-order valence-electron chi connectivity index (χ3n) is 7.36. The first-order valence-electron chi connectivity index (χ1n) is 13.3. The van der Waals surface area contributed by atoms with E-state index in [-0.39, 0.29) is 12.5 Å². The average molecular weight is 501 g/mol. The molecule has 6 heteroatoms. The van der Waals surface area contributed by atoms with E-state index in [9.17, 15) is 9.90 Å². The predicted molar refractivity (Wildman–Crippen MR) is 147 cm³/mol. The van der Waals surface area contributed by atoms with Crippen molar-refractivity contribution in [1.29, 1.82) is 0 Å². The second-order valence-electron chi connectivity index (χ2n) is 9.95. The first-order valence-corrected chi connectivity index (χ1v) is 13.3. The van der Waals surface area contributed by atoms with Crippen molar-refractivity contribution in [2.24, 2.45) is 0 Å². The van der Waals surface area contributed by atoms with Gasteiger partial charge >= 0.3 is 0 Å². The van der Waals surface area contributed by atoms with Gasteiger partial charge in [-0.25, -0.2) is 0 Å². The molecule has 2 fully saturated rings. The number of morpholine rings is 1. The summed E-state index contributed by atoms with van der Waals surface area (Å²) in [6.07, 6.45) is 5.04. The molecule has 1 atom stereocenters. The average Bonchev–Trinajstić information content (AvgIpc) is 2.96. The number of likely N-dealkylation sites (tertiary alicyclic amines) is 1. The largest absolute Gasteiger partial charge is 0.491 e. The lowest BCUT2D eigenvalue weighted by molar-refractivity contribution is -0.129. The molecule has 0 spiro atoms. The number of piperidine rings is 1. The second kappa shape index (κ2) is 12.4. The van der Waals surface area contributed by atoms with E-state index in [1.54, 1.807) is 17.1 Å². The van der Waals surface area contributed by atoms with Crippen LogP contribution in [0.2, 0.25) is 0 Å². The van der Waals surface area contributed by atoms with Crippen LogP contribution in [0.5, 0.6) is 5.75 Å². The number of ether oxygens (including phenoxy) is 2. The van der Waals surface area contributed by atoms with E-state index in [1.165, 1.54) is 16.3 Å². The fraction of sp³-hybridized carbons (Fsp3) is 0.387. The zero-order valence-electron chi connectivity index (χ0n) is 21.3. The van der Waals surface area contributed by atoms with Gasteiger partial charge < -0.3 is 24.4 Å². The fourth-order valence-corrected chi connectivity index (χ4v) is 5.34. The van der Waals surface area contributed by atoms with Crippen LogP contribution in [0.3, 0.4) is 0 Å². The van der Waals surface area contributed by atoms with E-state index < -0.39 is 6.10 Å². The molecule has 0 saturated carbocycles. The summed E-state index contributed by atoms with van der Waals surface area (Å²) in [5.74, 6) is 1.24. The molecule has 37 heavy (non-hydrogen) atoms. The van der Waals surface area contributed by atoms with Crippen LogP contribution in [0.1, 0.15) is 29.9 Å². The SMILES string of the molecule is O=C(C=Cc1cccc(OCC(O)CN2CCC(c3cccc4ccccc34)CC2)c1)N1CCOCC1. The highest BCUT2D eigenvalue weighted by Crippen LogP contribution is 2.33. The Morgan fingerprint density at radius 3 is 2.59 bits per heavy atom. The standard InChI is InChI=1S/C31H36N2O4/c34-27(22-32-15-13-26(14-16-32)30-10-4-7-25-6-1-2-9-29(25)30)23-37-28-8-3-5-24(21-28)11-12-31(35)33-17-19-36-20-18-33/h1-12,21,26-27,34H,13-20,22-23H2. The minimum absolute atomic E-state index is 0.00531. The first kappa shape index (κ1) is 25.5. The Labute approximate surface area is 219 Å². The molecule has 2 aliphatic heterocycles. The van der Waals surface area contributed by atoms with Gasteiger partial charge in [-0.2, -0.15) is 0 Å². The van der Waals surface area contributed by atoms with Crippen LogP contribution in [0.25, 0.3) is 16.8 Å². The zero-order valence-corrected chi connectivity index (χ0v) is 21.3. The summed E-state index contributed by atoms with van der Waals surface area (Å²) in [5.41, 5.74) is 2.34. The van der Waals surface area contributed by atoms with Gasteiger partial charge in [0.25, 0.3) is 0 Å². The molecule has 1 amide bonds. The number of hydrogen-bond acceptors (Lipinski definition) is 5. The summed E-state index contributed by atoms with van der Waals surface area (Å²) in [6.45, 7) is 5.24. The Balaban J connectivity index is 1.08. The summed E-state index contributed by atoms with van der Waals surface area (Å²) >= 11 is 0. The van der Waals surface area contributed by atoms with Crippen molar-refractivity contribution in [3.8, 4) is 5.75 Å². The van der Waals surface area contributed by atoms with E-state index in [4.69, 9.17) is 9.47 Å². The highest BCUT2D eigenvalue weighted by atomic mass is 16.5. The quantitative estimate of drug-likeness (QED) is 0.467.